The smallest absolute Gasteiger partial charge is 0.221 e. The second-order valence-corrected chi connectivity index (χ2v) is 3.30. The van der Waals surface area contributed by atoms with Gasteiger partial charge in [0.15, 0.2) is 0 Å². The number of carbonyl (C=O) groups is 1. The third-order valence-electron chi connectivity index (χ3n) is 2.19. The molecule has 0 heterocycles. The fraction of sp³-hybridized carbons (Fsp3) is 0.182. The van der Waals surface area contributed by atoms with Gasteiger partial charge < -0.3 is 5.32 Å². The molecule has 0 unspecified atom stereocenters. The minimum absolute atomic E-state index is 0.103. The van der Waals surface area contributed by atoms with Crippen molar-refractivity contribution < 1.29 is 9.18 Å². The molecule has 1 aromatic rings. The standard InChI is InChI=1S/C11H10FNO/c1-7(14)13-11-5-2-8-6-9(12)3-4-10(8)11/h3-6H,2H2,1H3,(H,13,14). The van der Waals surface area contributed by atoms with Crippen LogP contribution >= 0.6 is 0 Å². The lowest BCUT2D eigenvalue weighted by Gasteiger charge is -2.05. The van der Waals surface area contributed by atoms with Crippen LogP contribution in [0.3, 0.4) is 0 Å². The lowest BCUT2D eigenvalue weighted by atomic mass is 10.1. The van der Waals surface area contributed by atoms with E-state index in [1.54, 1.807) is 6.07 Å². The highest BCUT2D eigenvalue weighted by atomic mass is 19.1. The number of nitrogens with one attached hydrogen (secondary N) is 1. The molecule has 0 spiro atoms. The number of hydrogen-bond donors (Lipinski definition) is 1. The maximum absolute atomic E-state index is 12.8. The van der Waals surface area contributed by atoms with E-state index < -0.39 is 0 Å². The summed E-state index contributed by atoms with van der Waals surface area (Å²) in [4.78, 5) is 10.9. The molecule has 1 aliphatic carbocycles. The second-order valence-electron chi connectivity index (χ2n) is 3.30. The molecule has 0 fully saturated rings. The zero-order valence-electron chi connectivity index (χ0n) is 7.80. The van der Waals surface area contributed by atoms with Gasteiger partial charge in [0.05, 0.1) is 0 Å². The van der Waals surface area contributed by atoms with Gasteiger partial charge in [-0.1, -0.05) is 6.08 Å². The SMILES string of the molecule is CC(=O)NC1=CCc2cc(F)ccc21. The van der Waals surface area contributed by atoms with Gasteiger partial charge in [0.2, 0.25) is 5.91 Å². The first-order chi connectivity index (χ1) is 6.66. The van der Waals surface area contributed by atoms with E-state index in [0.29, 0.717) is 6.42 Å². The van der Waals surface area contributed by atoms with E-state index in [-0.39, 0.29) is 11.7 Å². The fourth-order valence-electron chi connectivity index (χ4n) is 1.62. The number of rotatable bonds is 1. The normalized spacial score (nSPS) is 13.4. The van der Waals surface area contributed by atoms with Crippen LogP contribution in [0.25, 0.3) is 5.70 Å². The molecule has 2 rings (SSSR count). The van der Waals surface area contributed by atoms with Crippen molar-refractivity contribution in [2.75, 3.05) is 0 Å². The molecule has 0 aromatic heterocycles. The fourth-order valence-corrected chi connectivity index (χ4v) is 1.62. The maximum atomic E-state index is 12.8. The molecule has 1 amide bonds. The largest absolute Gasteiger partial charge is 0.326 e. The monoisotopic (exact) mass is 191 g/mol. The van der Waals surface area contributed by atoms with Crippen LogP contribution in [0.2, 0.25) is 0 Å². The highest BCUT2D eigenvalue weighted by molar-refractivity contribution is 5.87. The topological polar surface area (TPSA) is 29.1 Å². The van der Waals surface area contributed by atoms with Gasteiger partial charge in [-0.15, -0.1) is 0 Å². The number of fused-ring (bicyclic) bond motifs is 1. The molecule has 0 bridgehead atoms. The van der Waals surface area contributed by atoms with Gasteiger partial charge in [-0.25, -0.2) is 4.39 Å². The summed E-state index contributed by atoms with van der Waals surface area (Å²) in [7, 11) is 0. The number of amides is 1. The molecule has 1 aromatic carbocycles. The summed E-state index contributed by atoms with van der Waals surface area (Å²) in [5, 5.41) is 2.72. The molecule has 0 aliphatic heterocycles. The zero-order valence-corrected chi connectivity index (χ0v) is 7.80. The lowest BCUT2D eigenvalue weighted by Crippen LogP contribution is -2.17. The minimum atomic E-state index is -0.235. The van der Waals surface area contributed by atoms with Crippen LogP contribution in [0.15, 0.2) is 24.3 Å². The zero-order chi connectivity index (χ0) is 10.1. The molecule has 0 saturated carbocycles. The summed E-state index contributed by atoms with van der Waals surface area (Å²) >= 11 is 0. The summed E-state index contributed by atoms with van der Waals surface area (Å²) in [6, 6.07) is 4.60. The Bertz CT molecular complexity index is 423. The average molecular weight is 191 g/mol. The molecular formula is C11H10FNO. The molecule has 2 nitrogen and oxygen atoms in total. The van der Waals surface area contributed by atoms with Gasteiger partial charge in [0, 0.05) is 18.2 Å². The molecule has 72 valence electrons. The van der Waals surface area contributed by atoms with Crippen LogP contribution in [0.5, 0.6) is 0 Å². The van der Waals surface area contributed by atoms with E-state index in [1.807, 2.05) is 6.08 Å². The Labute approximate surface area is 81.4 Å². The van der Waals surface area contributed by atoms with Gasteiger partial charge in [-0.05, 0) is 30.2 Å². The van der Waals surface area contributed by atoms with Crippen LogP contribution in [-0.4, -0.2) is 5.91 Å². The molecule has 1 N–H and O–H groups in total. The van der Waals surface area contributed by atoms with E-state index in [2.05, 4.69) is 5.32 Å². The van der Waals surface area contributed by atoms with Gasteiger partial charge in [0.25, 0.3) is 0 Å². The molecule has 3 heteroatoms. The molecular weight excluding hydrogens is 181 g/mol. The van der Waals surface area contributed by atoms with Gasteiger partial charge in [-0.3, -0.25) is 4.79 Å². The van der Waals surface area contributed by atoms with Crippen molar-refractivity contribution in [3.8, 4) is 0 Å². The van der Waals surface area contributed by atoms with Crippen LogP contribution in [0, 0.1) is 5.82 Å². The number of hydrogen-bond acceptors (Lipinski definition) is 1. The molecule has 14 heavy (non-hydrogen) atoms. The Balaban J connectivity index is 2.32. The summed E-state index contributed by atoms with van der Waals surface area (Å²) in [5.74, 6) is -0.338. The number of carbonyl (C=O) groups excluding carboxylic acids is 1. The van der Waals surface area contributed by atoms with Crippen molar-refractivity contribution in [1.29, 1.82) is 0 Å². The lowest BCUT2D eigenvalue weighted by molar-refractivity contribution is -0.117. The summed E-state index contributed by atoms with van der Waals surface area (Å²) < 4.78 is 12.8. The predicted molar refractivity (Wildman–Crippen MR) is 51.9 cm³/mol. The van der Waals surface area contributed by atoms with E-state index in [9.17, 15) is 9.18 Å². The maximum Gasteiger partial charge on any atom is 0.221 e. The molecule has 0 saturated heterocycles. The third-order valence-corrected chi connectivity index (χ3v) is 2.19. The number of allylic oxidation sites excluding steroid dienone is 1. The van der Waals surface area contributed by atoms with Crippen molar-refractivity contribution in [2.45, 2.75) is 13.3 Å². The van der Waals surface area contributed by atoms with Crippen LogP contribution in [0.1, 0.15) is 18.1 Å². The quantitative estimate of drug-likeness (QED) is 0.721. The van der Waals surface area contributed by atoms with Crippen LogP contribution in [-0.2, 0) is 11.2 Å². The third kappa shape index (κ3) is 1.53. The first kappa shape index (κ1) is 8.94. The van der Waals surface area contributed by atoms with E-state index in [0.717, 1.165) is 16.8 Å². The van der Waals surface area contributed by atoms with Crippen LogP contribution < -0.4 is 5.32 Å². The Morgan fingerprint density at radius 1 is 1.50 bits per heavy atom. The average Bonchev–Trinajstić information content (AvgIpc) is 2.47. The van der Waals surface area contributed by atoms with Crippen LogP contribution in [0.4, 0.5) is 4.39 Å². The summed E-state index contributed by atoms with van der Waals surface area (Å²) in [5.41, 5.74) is 2.63. The Hall–Kier alpha value is -1.64. The van der Waals surface area contributed by atoms with E-state index in [4.69, 9.17) is 0 Å². The number of halogens is 1. The van der Waals surface area contributed by atoms with Gasteiger partial charge in [0.1, 0.15) is 5.82 Å². The summed E-state index contributed by atoms with van der Waals surface area (Å²) in [6.45, 7) is 1.46. The van der Waals surface area contributed by atoms with Crippen molar-refractivity contribution in [1.82, 2.24) is 5.32 Å². The highest BCUT2D eigenvalue weighted by Gasteiger charge is 2.14. The van der Waals surface area contributed by atoms with Crippen molar-refractivity contribution in [2.24, 2.45) is 0 Å². The van der Waals surface area contributed by atoms with Gasteiger partial charge >= 0.3 is 0 Å². The van der Waals surface area contributed by atoms with Crippen molar-refractivity contribution in [3.63, 3.8) is 0 Å². The summed E-state index contributed by atoms with van der Waals surface area (Å²) in [6.07, 6.45) is 2.58. The number of benzene rings is 1. The molecule has 0 atom stereocenters. The first-order valence-electron chi connectivity index (χ1n) is 4.43. The Kier molecular flexibility index (Phi) is 2.08. The molecule has 0 radical (unpaired) electrons. The van der Waals surface area contributed by atoms with Crippen molar-refractivity contribution >= 4 is 11.6 Å². The predicted octanol–water partition coefficient (Wildman–Crippen LogP) is 1.86. The second kappa shape index (κ2) is 3.25. The minimum Gasteiger partial charge on any atom is -0.326 e. The Morgan fingerprint density at radius 2 is 2.29 bits per heavy atom. The van der Waals surface area contributed by atoms with Gasteiger partial charge in [-0.2, -0.15) is 0 Å². The Morgan fingerprint density at radius 3 is 3.00 bits per heavy atom. The van der Waals surface area contributed by atoms with E-state index >= 15 is 0 Å². The first-order valence-corrected chi connectivity index (χ1v) is 4.43. The van der Waals surface area contributed by atoms with Crippen molar-refractivity contribution in [3.05, 3.63) is 41.2 Å². The van der Waals surface area contributed by atoms with E-state index in [1.165, 1.54) is 19.1 Å². The highest BCUT2D eigenvalue weighted by Crippen LogP contribution is 2.25. The molecule has 1 aliphatic rings.